The first-order chi connectivity index (χ1) is 11.6. The topological polar surface area (TPSA) is 44.7 Å². The lowest BCUT2D eigenvalue weighted by molar-refractivity contribution is -0.124. The number of nitrogens with zero attached hydrogens (tertiary/aromatic N) is 2. The number of hydrogen-bond donors (Lipinski definition) is 1. The van der Waals surface area contributed by atoms with Gasteiger partial charge in [-0.2, -0.15) is 0 Å². The smallest absolute Gasteiger partial charge is 0.240 e. The Hall–Kier alpha value is -1.94. The Morgan fingerprint density at radius 2 is 2.00 bits per heavy atom. The van der Waals surface area contributed by atoms with Gasteiger partial charge in [0.1, 0.15) is 5.41 Å². The van der Waals surface area contributed by atoms with Crippen molar-refractivity contribution in [3.63, 3.8) is 0 Å². The number of aliphatic imine (C=N–C) groups is 1. The molecular weight excluding hydrogens is 298 g/mol. The zero-order valence-corrected chi connectivity index (χ0v) is 14.6. The highest BCUT2D eigenvalue weighted by atomic mass is 16.2. The highest BCUT2D eigenvalue weighted by Gasteiger charge is 2.54. The molecule has 0 saturated carbocycles. The molecule has 1 fully saturated rings. The molecule has 126 valence electrons. The van der Waals surface area contributed by atoms with Crippen LogP contribution in [0.1, 0.15) is 45.1 Å². The van der Waals surface area contributed by atoms with E-state index in [1.165, 1.54) is 29.7 Å². The summed E-state index contributed by atoms with van der Waals surface area (Å²) in [5.74, 6) is 0.228. The van der Waals surface area contributed by atoms with Crippen molar-refractivity contribution in [3.05, 3.63) is 41.1 Å². The molecule has 1 saturated heterocycles. The number of fused-ring (bicyclic) bond motifs is 2. The monoisotopic (exact) mass is 323 g/mol. The maximum absolute atomic E-state index is 13.1. The Bertz CT molecular complexity index is 743. The molecule has 3 aliphatic rings. The number of amides is 1. The normalized spacial score (nSPS) is 22.8. The molecule has 1 aromatic rings. The van der Waals surface area contributed by atoms with E-state index in [9.17, 15) is 4.79 Å². The van der Waals surface area contributed by atoms with Crippen molar-refractivity contribution >= 4 is 17.3 Å². The molecule has 1 N–H and O–H groups in total. The molecule has 0 radical (unpaired) electrons. The van der Waals surface area contributed by atoms with E-state index in [1.807, 2.05) is 17.0 Å². The summed E-state index contributed by atoms with van der Waals surface area (Å²) in [5.41, 5.74) is 5.57. The molecule has 24 heavy (non-hydrogen) atoms. The van der Waals surface area contributed by atoms with Crippen LogP contribution in [0.5, 0.6) is 0 Å². The maximum atomic E-state index is 13.1. The predicted octanol–water partition coefficient (Wildman–Crippen LogP) is 3.18. The van der Waals surface area contributed by atoms with Crippen LogP contribution < -0.4 is 10.2 Å². The highest BCUT2D eigenvalue weighted by molar-refractivity contribution is 6.12. The van der Waals surface area contributed by atoms with Crippen molar-refractivity contribution in [3.8, 4) is 0 Å². The van der Waals surface area contributed by atoms with Crippen molar-refractivity contribution in [2.45, 2.75) is 44.9 Å². The molecule has 0 bridgehead atoms. The van der Waals surface area contributed by atoms with Crippen LogP contribution in [0.2, 0.25) is 0 Å². The van der Waals surface area contributed by atoms with E-state index >= 15 is 0 Å². The van der Waals surface area contributed by atoms with Crippen LogP contribution >= 0.6 is 0 Å². The quantitative estimate of drug-likeness (QED) is 0.868. The zero-order valence-electron chi connectivity index (χ0n) is 14.6. The van der Waals surface area contributed by atoms with Gasteiger partial charge in [0, 0.05) is 30.2 Å². The van der Waals surface area contributed by atoms with Crippen LogP contribution in [0.4, 0.5) is 5.69 Å². The summed E-state index contributed by atoms with van der Waals surface area (Å²) in [6, 6.07) is 8.23. The Morgan fingerprint density at radius 1 is 1.25 bits per heavy atom. The van der Waals surface area contributed by atoms with Gasteiger partial charge in [0.05, 0.1) is 6.54 Å². The van der Waals surface area contributed by atoms with Gasteiger partial charge >= 0.3 is 0 Å². The van der Waals surface area contributed by atoms with Crippen molar-refractivity contribution in [1.82, 2.24) is 5.32 Å². The number of hydrogen-bond acceptors (Lipinski definition) is 3. The average Bonchev–Trinajstić information content (AvgIpc) is 2.79. The maximum Gasteiger partial charge on any atom is 0.240 e. The van der Waals surface area contributed by atoms with E-state index in [1.54, 1.807) is 0 Å². The first-order valence-electron chi connectivity index (χ1n) is 8.97. The minimum absolute atomic E-state index is 0.228. The lowest BCUT2D eigenvalue weighted by Crippen LogP contribution is -2.62. The molecule has 0 aromatic heterocycles. The van der Waals surface area contributed by atoms with E-state index in [-0.39, 0.29) is 11.3 Å². The number of carbonyl (C=O) groups excluding carboxylic acids is 1. The number of para-hydroxylation sites is 1. The summed E-state index contributed by atoms with van der Waals surface area (Å²) in [7, 11) is 0. The Labute approximate surface area is 143 Å². The fourth-order valence-electron chi connectivity index (χ4n) is 4.16. The van der Waals surface area contributed by atoms with Gasteiger partial charge in [-0.3, -0.25) is 9.79 Å². The van der Waals surface area contributed by atoms with Gasteiger partial charge in [-0.25, -0.2) is 0 Å². The van der Waals surface area contributed by atoms with Crippen LogP contribution in [0, 0.1) is 0 Å². The number of rotatable bonds is 3. The number of carbonyl (C=O) groups is 1. The second kappa shape index (κ2) is 5.85. The summed E-state index contributed by atoms with van der Waals surface area (Å²) >= 11 is 0. The molecular formula is C20H25N3O. The fourth-order valence-corrected chi connectivity index (χ4v) is 4.16. The van der Waals surface area contributed by atoms with E-state index in [0.29, 0.717) is 6.54 Å². The summed E-state index contributed by atoms with van der Waals surface area (Å²) < 4.78 is 0. The van der Waals surface area contributed by atoms with Crippen LogP contribution in [0.3, 0.4) is 0 Å². The van der Waals surface area contributed by atoms with Crippen molar-refractivity contribution in [1.29, 1.82) is 0 Å². The molecule has 1 spiro atoms. The Kier molecular flexibility index (Phi) is 3.80. The van der Waals surface area contributed by atoms with Gasteiger partial charge in [0.15, 0.2) is 0 Å². The molecule has 0 atom stereocenters. The molecule has 1 amide bonds. The number of nitrogens with one attached hydrogen (secondary N) is 1. The first-order valence-corrected chi connectivity index (χ1v) is 8.97. The van der Waals surface area contributed by atoms with Crippen LogP contribution in [0.15, 0.2) is 40.5 Å². The summed E-state index contributed by atoms with van der Waals surface area (Å²) in [5, 5.41) is 3.28. The van der Waals surface area contributed by atoms with Gasteiger partial charge in [-0.15, -0.1) is 0 Å². The van der Waals surface area contributed by atoms with Gasteiger partial charge in [0.2, 0.25) is 5.91 Å². The van der Waals surface area contributed by atoms with Gasteiger partial charge in [-0.05, 0) is 51.2 Å². The van der Waals surface area contributed by atoms with E-state index in [0.717, 1.165) is 37.3 Å². The molecule has 2 aliphatic heterocycles. The zero-order chi connectivity index (χ0) is 16.7. The predicted molar refractivity (Wildman–Crippen MR) is 97.6 cm³/mol. The van der Waals surface area contributed by atoms with Crippen LogP contribution in [0.25, 0.3) is 0 Å². The van der Waals surface area contributed by atoms with Crippen LogP contribution in [-0.4, -0.2) is 31.3 Å². The largest absolute Gasteiger partial charge is 0.314 e. The van der Waals surface area contributed by atoms with Gasteiger partial charge in [-0.1, -0.05) is 23.8 Å². The summed E-state index contributed by atoms with van der Waals surface area (Å²) in [6.45, 7) is 6.33. The summed E-state index contributed by atoms with van der Waals surface area (Å²) in [4.78, 5) is 19.9. The molecule has 4 rings (SSSR count). The SMILES string of the molecule is CC(CN1C(=O)C2(CNC2)c2ccccc21)=NC1=C(C)CCCC1. The fraction of sp³-hybridized carbons (Fsp3) is 0.500. The third-order valence-corrected chi connectivity index (χ3v) is 5.64. The average molecular weight is 323 g/mol. The third-order valence-electron chi connectivity index (χ3n) is 5.64. The molecule has 1 aromatic carbocycles. The lowest BCUT2D eigenvalue weighted by Gasteiger charge is -2.38. The molecule has 4 heteroatoms. The van der Waals surface area contributed by atoms with Crippen LogP contribution in [-0.2, 0) is 10.2 Å². The molecule has 2 heterocycles. The van der Waals surface area contributed by atoms with Crippen molar-refractivity contribution in [2.24, 2.45) is 4.99 Å². The first kappa shape index (κ1) is 15.6. The molecule has 4 nitrogen and oxygen atoms in total. The van der Waals surface area contributed by atoms with Crippen molar-refractivity contribution < 1.29 is 4.79 Å². The van der Waals surface area contributed by atoms with Gasteiger partial charge in [0.25, 0.3) is 0 Å². The minimum atomic E-state index is -0.336. The van der Waals surface area contributed by atoms with E-state index in [4.69, 9.17) is 4.99 Å². The lowest BCUT2D eigenvalue weighted by atomic mass is 9.76. The summed E-state index contributed by atoms with van der Waals surface area (Å²) in [6.07, 6.45) is 4.73. The van der Waals surface area contributed by atoms with E-state index < -0.39 is 0 Å². The number of anilines is 1. The second-order valence-corrected chi connectivity index (χ2v) is 7.38. The number of allylic oxidation sites excluding steroid dienone is 2. The number of benzene rings is 1. The molecule has 1 aliphatic carbocycles. The van der Waals surface area contributed by atoms with Gasteiger partial charge < -0.3 is 10.2 Å². The van der Waals surface area contributed by atoms with Crippen molar-refractivity contribution in [2.75, 3.05) is 24.5 Å². The Morgan fingerprint density at radius 3 is 2.71 bits per heavy atom. The Balaban J connectivity index is 1.62. The van der Waals surface area contributed by atoms with E-state index in [2.05, 4.69) is 31.3 Å². The second-order valence-electron chi connectivity index (χ2n) is 7.38. The minimum Gasteiger partial charge on any atom is -0.314 e. The standard InChI is InChI=1S/C20H25N3O/c1-14-7-3-5-9-17(14)22-15(2)11-23-18-10-6-4-8-16(18)20(19(23)24)12-21-13-20/h4,6,8,10,21H,3,5,7,9,11-13H2,1-2H3. The highest BCUT2D eigenvalue weighted by Crippen LogP contribution is 2.44. The third kappa shape index (κ3) is 2.32. The molecule has 0 unspecified atom stereocenters.